The number of carbonyl (C=O) groups excluding carboxylic acids is 1. The van der Waals surface area contributed by atoms with Crippen molar-refractivity contribution in [1.29, 1.82) is 0 Å². The van der Waals surface area contributed by atoms with Gasteiger partial charge in [0.1, 0.15) is 5.82 Å². The van der Waals surface area contributed by atoms with Crippen molar-refractivity contribution in [2.45, 2.75) is 12.5 Å². The molecule has 1 aromatic heterocycles. The number of pyridine rings is 1. The average molecular weight is 268 g/mol. The lowest BCUT2D eigenvalue weighted by molar-refractivity contribution is -0.0333. The molecule has 0 saturated carbocycles. The maximum Gasteiger partial charge on any atom is 0.255 e. The van der Waals surface area contributed by atoms with Gasteiger partial charge in [0, 0.05) is 33.0 Å². The summed E-state index contributed by atoms with van der Waals surface area (Å²) < 4.78 is 23.6. The predicted molar refractivity (Wildman–Crippen MR) is 66.3 cm³/mol. The molecule has 2 rings (SSSR count). The first-order chi connectivity index (χ1) is 9.20. The maximum atomic E-state index is 13.1. The highest BCUT2D eigenvalue weighted by Crippen LogP contribution is 2.13. The van der Waals surface area contributed by atoms with Gasteiger partial charge in [0.05, 0.1) is 24.5 Å². The molecule has 104 valence electrons. The normalized spacial score (nSPS) is 19.5. The molecule has 0 radical (unpaired) electrons. The van der Waals surface area contributed by atoms with Gasteiger partial charge in [-0.05, 0) is 12.5 Å². The molecule has 0 unspecified atom stereocenters. The Bertz CT molecular complexity index is 442. The van der Waals surface area contributed by atoms with Gasteiger partial charge in [-0.15, -0.1) is 0 Å². The van der Waals surface area contributed by atoms with Crippen molar-refractivity contribution < 1.29 is 18.7 Å². The van der Waals surface area contributed by atoms with Crippen molar-refractivity contribution in [3.05, 3.63) is 29.8 Å². The Kier molecular flexibility index (Phi) is 4.81. The van der Waals surface area contributed by atoms with Crippen molar-refractivity contribution in [3.8, 4) is 0 Å². The van der Waals surface area contributed by atoms with E-state index in [1.54, 1.807) is 12.0 Å². The Morgan fingerprint density at radius 3 is 3.21 bits per heavy atom. The lowest BCUT2D eigenvalue weighted by atomic mass is 10.2. The summed E-state index contributed by atoms with van der Waals surface area (Å²) in [5, 5.41) is 0. The summed E-state index contributed by atoms with van der Waals surface area (Å²) in [6.45, 7) is 2.09. The standard InChI is InChI=1S/C13H17FN2O3/c1-18-4-2-12-9-16(3-5-19-12)13(17)10-6-11(14)8-15-7-10/h6-8,12H,2-5,9H2,1H3/t12-/m0/s1. The fraction of sp³-hybridized carbons (Fsp3) is 0.538. The van der Waals surface area contributed by atoms with Crippen molar-refractivity contribution in [2.24, 2.45) is 0 Å². The molecule has 0 bridgehead atoms. The second-order valence-electron chi connectivity index (χ2n) is 4.42. The molecule has 5 nitrogen and oxygen atoms in total. The van der Waals surface area contributed by atoms with Crippen LogP contribution in [0.1, 0.15) is 16.8 Å². The quantitative estimate of drug-likeness (QED) is 0.820. The highest BCUT2D eigenvalue weighted by molar-refractivity contribution is 5.94. The van der Waals surface area contributed by atoms with Crippen LogP contribution in [0.5, 0.6) is 0 Å². The third-order valence-corrected chi connectivity index (χ3v) is 3.02. The van der Waals surface area contributed by atoms with E-state index in [1.807, 2.05) is 0 Å². The van der Waals surface area contributed by atoms with E-state index in [0.717, 1.165) is 12.6 Å². The fourth-order valence-electron chi connectivity index (χ4n) is 2.04. The van der Waals surface area contributed by atoms with Crippen LogP contribution in [-0.4, -0.2) is 55.3 Å². The second-order valence-corrected chi connectivity index (χ2v) is 4.42. The minimum Gasteiger partial charge on any atom is -0.385 e. The Morgan fingerprint density at radius 2 is 2.47 bits per heavy atom. The molecule has 19 heavy (non-hydrogen) atoms. The number of ether oxygens (including phenoxy) is 2. The molecule has 0 spiro atoms. The number of amides is 1. The summed E-state index contributed by atoms with van der Waals surface area (Å²) in [4.78, 5) is 17.6. The highest BCUT2D eigenvalue weighted by atomic mass is 19.1. The van der Waals surface area contributed by atoms with Crippen LogP contribution in [-0.2, 0) is 9.47 Å². The number of carbonyl (C=O) groups is 1. The van der Waals surface area contributed by atoms with Gasteiger partial charge < -0.3 is 14.4 Å². The van der Waals surface area contributed by atoms with E-state index in [1.165, 1.54) is 12.3 Å². The minimum atomic E-state index is -0.505. The zero-order chi connectivity index (χ0) is 13.7. The van der Waals surface area contributed by atoms with Gasteiger partial charge in [0.15, 0.2) is 0 Å². The summed E-state index contributed by atoms with van der Waals surface area (Å²) in [6.07, 6.45) is 3.17. The van der Waals surface area contributed by atoms with Crippen molar-refractivity contribution in [1.82, 2.24) is 9.88 Å². The van der Waals surface area contributed by atoms with Gasteiger partial charge in [0.25, 0.3) is 5.91 Å². The van der Waals surface area contributed by atoms with Crippen LogP contribution in [0.4, 0.5) is 4.39 Å². The number of nitrogens with zero attached hydrogens (tertiary/aromatic N) is 2. The van der Waals surface area contributed by atoms with Crippen LogP contribution in [0.15, 0.2) is 18.5 Å². The van der Waals surface area contributed by atoms with Gasteiger partial charge in [-0.1, -0.05) is 0 Å². The summed E-state index contributed by atoms with van der Waals surface area (Å²) in [5.74, 6) is -0.715. The molecule has 1 aliphatic rings. The summed E-state index contributed by atoms with van der Waals surface area (Å²) >= 11 is 0. The first-order valence-electron chi connectivity index (χ1n) is 6.21. The first kappa shape index (κ1) is 13.9. The van der Waals surface area contributed by atoms with Crippen LogP contribution < -0.4 is 0 Å². The molecular formula is C13H17FN2O3. The molecule has 1 saturated heterocycles. The van der Waals surface area contributed by atoms with E-state index in [4.69, 9.17) is 9.47 Å². The van der Waals surface area contributed by atoms with Crippen LogP contribution in [0, 0.1) is 5.82 Å². The zero-order valence-corrected chi connectivity index (χ0v) is 10.8. The topological polar surface area (TPSA) is 51.7 Å². The monoisotopic (exact) mass is 268 g/mol. The summed E-state index contributed by atoms with van der Waals surface area (Å²) in [6, 6.07) is 1.20. The number of morpholine rings is 1. The number of aromatic nitrogens is 1. The molecule has 1 aromatic rings. The minimum absolute atomic E-state index is 0.0285. The molecule has 1 atom stereocenters. The van der Waals surface area contributed by atoms with Crippen molar-refractivity contribution in [3.63, 3.8) is 0 Å². The smallest absolute Gasteiger partial charge is 0.255 e. The number of rotatable bonds is 4. The number of methoxy groups -OCH3 is 1. The van der Waals surface area contributed by atoms with Crippen molar-refractivity contribution >= 4 is 5.91 Å². The van der Waals surface area contributed by atoms with Gasteiger partial charge in [0.2, 0.25) is 0 Å². The van der Waals surface area contributed by atoms with E-state index in [2.05, 4.69) is 4.98 Å². The largest absolute Gasteiger partial charge is 0.385 e. The fourth-order valence-corrected chi connectivity index (χ4v) is 2.04. The summed E-state index contributed by atoms with van der Waals surface area (Å²) in [5.41, 5.74) is 0.271. The van der Waals surface area contributed by atoms with Gasteiger partial charge in [-0.2, -0.15) is 0 Å². The lowest BCUT2D eigenvalue weighted by Crippen LogP contribution is -2.46. The number of hydrogen-bond donors (Lipinski definition) is 0. The lowest BCUT2D eigenvalue weighted by Gasteiger charge is -2.32. The Hall–Kier alpha value is -1.53. The SMILES string of the molecule is COCC[C@H]1CN(C(=O)c2cncc(F)c2)CCO1. The first-order valence-corrected chi connectivity index (χ1v) is 6.21. The third-order valence-electron chi connectivity index (χ3n) is 3.02. The highest BCUT2D eigenvalue weighted by Gasteiger charge is 2.25. The molecule has 0 aliphatic carbocycles. The van der Waals surface area contributed by atoms with Gasteiger partial charge in [-0.3, -0.25) is 9.78 Å². The van der Waals surface area contributed by atoms with Crippen LogP contribution in [0.3, 0.4) is 0 Å². The summed E-state index contributed by atoms with van der Waals surface area (Å²) in [7, 11) is 1.63. The number of halogens is 1. The zero-order valence-electron chi connectivity index (χ0n) is 10.8. The van der Waals surface area contributed by atoms with Crippen LogP contribution in [0.25, 0.3) is 0 Å². The second kappa shape index (κ2) is 6.58. The van der Waals surface area contributed by atoms with Crippen LogP contribution in [0.2, 0.25) is 0 Å². The molecule has 1 aliphatic heterocycles. The van der Waals surface area contributed by atoms with Crippen LogP contribution >= 0.6 is 0 Å². The van der Waals surface area contributed by atoms with E-state index in [0.29, 0.717) is 26.3 Å². The van der Waals surface area contributed by atoms with E-state index >= 15 is 0 Å². The van der Waals surface area contributed by atoms with E-state index in [-0.39, 0.29) is 17.6 Å². The molecule has 1 fully saturated rings. The number of hydrogen-bond acceptors (Lipinski definition) is 4. The van der Waals surface area contributed by atoms with E-state index < -0.39 is 5.82 Å². The Morgan fingerprint density at radius 1 is 1.63 bits per heavy atom. The van der Waals surface area contributed by atoms with E-state index in [9.17, 15) is 9.18 Å². The molecular weight excluding hydrogens is 251 g/mol. The molecule has 6 heteroatoms. The van der Waals surface area contributed by atoms with Crippen molar-refractivity contribution in [2.75, 3.05) is 33.4 Å². The maximum absolute atomic E-state index is 13.1. The van der Waals surface area contributed by atoms with Gasteiger partial charge in [-0.25, -0.2) is 4.39 Å². The predicted octanol–water partition coefficient (Wildman–Crippen LogP) is 1.10. The Balaban J connectivity index is 1.99. The average Bonchev–Trinajstić information content (AvgIpc) is 2.44. The Labute approximate surface area is 111 Å². The molecule has 2 heterocycles. The molecule has 0 aromatic carbocycles. The van der Waals surface area contributed by atoms with Gasteiger partial charge >= 0.3 is 0 Å². The molecule has 1 amide bonds. The third kappa shape index (κ3) is 3.71. The molecule has 0 N–H and O–H groups in total.